The van der Waals surface area contributed by atoms with Gasteiger partial charge in [0.1, 0.15) is 5.60 Å². The number of hydrogen-bond donors (Lipinski definition) is 4. The number of ether oxygens (including phenoxy) is 1. The third-order valence-corrected chi connectivity index (χ3v) is 4.31. The Morgan fingerprint density at radius 3 is 2.16 bits per heavy atom. The molecule has 0 fully saturated rings. The number of hydrogen-bond acceptors (Lipinski definition) is 4. The van der Waals surface area contributed by atoms with E-state index < -0.39 is 17.6 Å². The summed E-state index contributed by atoms with van der Waals surface area (Å²) in [5, 5.41) is 9.27. The van der Waals surface area contributed by atoms with Crippen LogP contribution in [0.3, 0.4) is 0 Å². The fourth-order valence-electron chi connectivity index (χ4n) is 2.79. The van der Waals surface area contributed by atoms with Crippen LogP contribution < -0.4 is 21.7 Å². The number of benzene rings is 2. The first kappa shape index (κ1) is 24.7. The molecule has 0 heterocycles. The Hall–Kier alpha value is -3.55. The molecule has 0 aliphatic heterocycles. The molecule has 0 aliphatic carbocycles. The first-order chi connectivity index (χ1) is 15.2. The van der Waals surface area contributed by atoms with E-state index in [-0.39, 0.29) is 0 Å². The van der Waals surface area contributed by atoms with Crippen LogP contribution in [0.2, 0.25) is 0 Å². The molecule has 0 spiro atoms. The normalized spacial score (nSPS) is 11.6. The van der Waals surface area contributed by atoms with Gasteiger partial charge in [0.15, 0.2) is 5.96 Å². The van der Waals surface area contributed by atoms with Gasteiger partial charge >= 0.3 is 6.09 Å². The number of carbonyl (C=O) groups excluding carboxylic acids is 2. The zero-order valence-electron chi connectivity index (χ0n) is 19.2. The molecular weight excluding hydrogens is 406 g/mol. The number of anilines is 1. The Balaban J connectivity index is 1.84. The summed E-state index contributed by atoms with van der Waals surface area (Å²) >= 11 is 0. The van der Waals surface area contributed by atoms with Crippen LogP contribution in [0.1, 0.15) is 49.2 Å². The number of amides is 2. The van der Waals surface area contributed by atoms with Crippen molar-refractivity contribution in [1.82, 2.24) is 10.6 Å². The Labute approximate surface area is 189 Å². The number of nitrogens with one attached hydrogen (secondary N) is 3. The van der Waals surface area contributed by atoms with Crippen molar-refractivity contribution in [3.8, 4) is 0 Å². The van der Waals surface area contributed by atoms with E-state index >= 15 is 0 Å². The molecule has 0 saturated carbocycles. The lowest BCUT2D eigenvalue weighted by molar-refractivity contribution is 0.0635. The molecule has 8 nitrogen and oxygen atoms in total. The zero-order chi connectivity index (χ0) is 23.6. The Morgan fingerprint density at radius 1 is 0.969 bits per heavy atom. The quantitative estimate of drug-likeness (QED) is 0.371. The first-order valence-corrected chi connectivity index (χ1v) is 10.7. The van der Waals surface area contributed by atoms with Crippen LogP contribution in [0, 0.1) is 0 Å². The summed E-state index contributed by atoms with van der Waals surface area (Å²) in [4.78, 5) is 27.6. The SMILES string of the molecule is CCNC(=NCc1ccc(C(N)=O)cc1)NCCc1ccc(NC(=O)OC(C)(C)C)cc1. The molecular formula is C24H33N5O3. The minimum absolute atomic E-state index is 0.441. The summed E-state index contributed by atoms with van der Waals surface area (Å²) in [6.45, 7) is 9.42. The lowest BCUT2D eigenvalue weighted by Crippen LogP contribution is -2.38. The molecule has 2 aromatic rings. The lowest BCUT2D eigenvalue weighted by atomic mass is 10.1. The fourth-order valence-corrected chi connectivity index (χ4v) is 2.79. The van der Waals surface area contributed by atoms with Gasteiger partial charge in [0, 0.05) is 24.3 Å². The van der Waals surface area contributed by atoms with Gasteiger partial charge in [0.25, 0.3) is 0 Å². The van der Waals surface area contributed by atoms with Gasteiger partial charge in [-0.15, -0.1) is 0 Å². The number of nitrogens with zero attached hydrogens (tertiary/aromatic N) is 1. The van der Waals surface area contributed by atoms with Gasteiger partial charge < -0.3 is 21.1 Å². The van der Waals surface area contributed by atoms with Crippen molar-refractivity contribution in [3.05, 3.63) is 65.2 Å². The van der Waals surface area contributed by atoms with Crippen molar-refractivity contribution in [2.45, 2.75) is 46.3 Å². The molecule has 2 aromatic carbocycles. The second kappa shape index (κ2) is 11.7. The maximum Gasteiger partial charge on any atom is 0.412 e. The second-order valence-electron chi connectivity index (χ2n) is 8.26. The number of carbonyl (C=O) groups is 2. The number of aliphatic imine (C=N–C) groups is 1. The molecule has 172 valence electrons. The second-order valence-corrected chi connectivity index (χ2v) is 8.26. The molecule has 0 radical (unpaired) electrons. The predicted molar refractivity (Wildman–Crippen MR) is 128 cm³/mol. The number of guanidine groups is 1. The van der Waals surface area contributed by atoms with E-state index in [4.69, 9.17) is 10.5 Å². The topological polar surface area (TPSA) is 118 Å². The average Bonchev–Trinajstić information content (AvgIpc) is 2.72. The number of nitrogens with two attached hydrogens (primary N) is 1. The van der Waals surface area contributed by atoms with Gasteiger partial charge in [-0.05, 0) is 69.5 Å². The van der Waals surface area contributed by atoms with Crippen molar-refractivity contribution >= 4 is 23.6 Å². The third-order valence-electron chi connectivity index (χ3n) is 4.31. The van der Waals surface area contributed by atoms with Crippen LogP contribution >= 0.6 is 0 Å². The molecule has 2 amide bonds. The standard InChI is InChI=1S/C24H33N5O3/c1-5-26-22(28-16-18-6-10-19(11-7-18)21(25)30)27-15-14-17-8-12-20(13-9-17)29-23(31)32-24(2,3)4/h6-13H,5,14-16H2,1-4H3,(H2,25,30)(H,29,31)(H2,26,27,28). The number of rotatable bonds is 8. The highest BCUT2D eigenvalue weighted by molar-refractivity contribution is 5.92. The van der Waals surface area contributed by atoms with Gasteiger partial charge in [-0.3, -0.25) is 10.1 Å². The Morgan fingerprint density at radius 2 is 1.59 bits per heavy atom. The van der Waals surface area contributed by atoms with Crippen molar-refractivity contribution in [3.63, 3.8) is 0 Å². The van der Waals surface area contributed by atoms with Crippen LogP contribution in [-0.4, -0.2) is 36.7 Å². The van der Waals surface area contributed by atoms with Crippen LogP contribution in [0.15, 0.2) is 53.5 Å². The highest BCUT2D eigenvalue weighted by Crippen LogP contribution is 2.13. The molecule has 0 saturated heterocycles. The van der Waals surface area contributed by atoms with Crippen molar-refractivity contribution in [2.24, 2.45) is 10.7 Å². The van der Waals surface area contributed by atoms with Crippen LogP contribution in [0.25, 0.3) is 0 Å². The molecule has 0 bridgehead atoms. The first-order valence-electron chi connectivity index (χ1n) is 10.7. The van der Waals surface area contributed by atoms with Crippen LogP contribution in [-0.2, 0) is 17.7 Å². The van der Waals surface area contributed by atoms with Crippen molar-refractivity contribution in [2.75, 3.05) is 18.4 Å². The van der Waals surface area contributed by atoms with Gasteiger partial charge in [-0.1, -0.05) is 24.3 Å². The third kappa shape index (κ3) is 9.07. The van der Waals surface area contributed by atoms with Gasteiger partial charge in [-0.2, -0.15) is 0 Å². The van der Waals surface area contributed by atoms with Crippen LogP contribution in [0.4, 0.5) is 10.5 Å². The summed E-state index contributed by atoms with van der Waals surface area (Å²) in [6.07, 6.45) is 0.326. The molecule has 0 aliphatic rings. The van der Waals surface area contributed by atoms with Crippen molar-refractivity contribution < 1.29 is 14.3 Å². The number of primary amides is 1. The summed E-state index contributed by atoms with van der Waals surface area (Å²) in [7, 11) is 0. The highest BCUT2D eigenvalue weighted by atomic mass is 16.6. The summed E-state index contributed by atoms with van der Waals surface area (Å²) in [6, 6.07) is 14.8. The molecule has 0 aromatic heterocycles. The van der Waals surface area contributed by atoms with E-state index in [2.05, 4.69) is 20.9 Å². The average molecular weight is 440 g/mol. The Bertz CT molecular complexity index is 916. The molecule has 0 unspecified atom stereocenters. The Kier molecular flexibility index (Phi) is 9.07. The zero-order valence-corrected chi connectivity index (χ0v) is 19.2. The molecule has 32 heavy (non-hydrogen) atoms. The van der Waals surface area contributed by atoms with Crippen LogP contribution in [0.5, 0.6) is 0 Å². The van der Waals surface area contributed by atoms with E-state index in [1.807, 2.05) is 64.1 Å². The smallest absolute Gasteiger partial charge is 0.412 e. The minimum Gasteiger partial charge on any atom is -0.444 e. The van der Waals surface area contributed by atoms with E-state index in [0.29, 0.717) is 24.3 Å². The molecule has 5 N–H and O–H groups in total. The van der Waals surface area contributed by atoms with Gasteiger partial charge in [-0.25, -0.2) is 9.79 Å². The minimum atomic E-state index is -0.533. The maximum absolute atomic E-state index is 11.8. The summed E-state index contributed by atoms with van der Waals surface area (Å²) < 4.78 is 5.26. The van der Waals surface area contributed by atoms with Gasteiger partial charge in [0.05, 0.1) is 6.54 Å². The van der Waals surface area contributed by atoms with Gasteiger partial charge in [0.2, 0.25) is 5.91 Å². The van der Waals surface area contributed by atoms with E-state index in [1.165, 1.54) is 0 Å². The van der Waals surface area contributed by atoms with Crippen molar-refractivity contribution in [1.29, 1.82) is 0 Å². The highest BCUT2D eigenvalue weighted by Gasteiger charge is 2.16. The van der Waals surface area contributed by atoms with E-state index in [9.17, 15) is 9.59 Å². The molecule has 8 heteroatoms. The monoisotopic (exact) mass is 439 g/mol. The molecule has 0 atom stereocenters. The molecule has 2 rings (SSSR count). The largest absolute Gasteiger partial charge is 0.444 e. The maximum atomic E-state index is 11.8. The van der Waals surface area contributed by atoms with E-state index in [0.717, 1.165) is 30.1 Å². The summed E-state index contributed by atoms with van der Waals surface area (Å²) in [5.74, 6) is 0.276. The predicted octanol–water partition coefficient (Wildman–Crippen LogP) is 3.43. The summed E-state index contributed by atoms with van der Waals surface area (Å²) in [5.41, 5.74) is 8.02. The fraction of sp³-hybridized carbons (Fsp3) is 0.375. The lowest BCUT2D eigenvalue weighted by Gasteiger charge is -2.19. The van der Waals surface area contributed by atoms with E-state index in [1.54, 1.807) is 12.1 Å².